The molecule has 0 saturated carbocycles. The van der Waals surface area contributed by atoms with Crippen LogP contribution in [0.15, 0.2) is 16.6 Å². The maximum Gasteiger partial charge on any atom is 0.191 e. The van der Waals surface area contributed by atoms with Crippen LogP contribution < -0.4 is 10.6 Å². The fraction of sp³-hybridized carbons (Fsp3) is 0.636. The zero-order chi connectivity index (χ0) is 13.0. The number of nitrogens with two attached hydrogens (primary N) is 1. The van der Waals surface area contributed by atoms with Crippen LogP contribution in [0.25, 0.3) is 0 Å². The molecule has 0 amide bonds. The molecular weight excluding hydrogens is 250 g/mol. The molecule has 2 rings (SSSR count). The largest absolute Gasteiger partial charge is 0.391 e. The molecule has 1 unspecified atom stereocenters. The Bertz CT molecular complexity index is 384. The van der Waals surface area contributed by atoms with Crippen LogP contribution >= 0.6 is 11.3 Å². The maximum atomic E-state index is 9.17. The number of aliphatic hydroxyl groups excluding tert-OH is 1. The fourth-order valence-electron chi connectivity index (χ4n) is 1.82. The number of nitrogens with zero attached hydrogens (tertiary/aromatic N) is 4. The SMILES string of the molecule is CC(O)CN=C(N)N1CCN(c2nccs2)CC1. The summed E-state index contributed by atoms with van der Waals surface area (Å²) in [6, 6.07) is 0. The van der Waals surface area contributed by atoms with Gasteiger partial charge in [0.1, 0.15) is 0 Å². The number of thiazole rings is 1. The average Bonchev–Trinajstić information content (AvgIpc) is 2.90. The number of aromatic nitrogens is 1. The van der Waals surface area contributed by atoms with Crippen LogP contribution in [0.5, 0.6) is 0 Å². The molecule has 100 valence electrons. The summed E-state index contributed by atoms with van der Waals surface area (Å²) in [4.78, 5) is 12.8. The van der Waals surface area contributed by atoms with Crippen LogP contribution in [0.3, 0.4) is 0 Å². The smallest absolute Gasteiger partial charge is 0.191 e. The molecule has 1 aliphatic rings. The first-order chi connectivity index (χ1) is 8.66. The predicted molar refractivity (Wildman–Crippen MR) is 74.1 cm³/mol. The van der Waals surface area contributed by atoms with Crippen LogP contribution in [0.1, 0.15) is 6.92 Å². The summed E-state index contributed by atoms with van der Waals surface area (Å²) in [6.45, 7) is 5.55. The number of piperazine rings is 1. The standard InChI is InChI=1S/C11H19N5OS/c1-9(17)8-14-10(12)15-3-5-16(6-4-15)11-13-2-7-18-11/h2,7,9,17H,3-6,8H2,1H3,(H2,12,14). The molecule has 0 aliphatic carbocycles. The molecule has 0 bridgehead atoms. The van der Waals surface area contributed by atoms with E-state index in [4.69, 9.17) is 5.73 Å². The number of anilines is 1. The molecule has 1 aromatic heterocycles. The van der Waals surface area contributed by atoms with E-state index in [2.05, 4.69) is 14.9 Å². The number of hydrogen-bond acceptors (Lipinski definition) is 5. The second-order valence-corrected chi connectivity index (χ2v) is 5.21. The van der Waals surface area contributed by atoms with E-state index in [0.29, 0.717) is 12.5 Å². The van der Waals surface area contributed by atoms with Crippen molar-refractivity contribution < 1.29 is 5.11 Å². The highest BCUT2D eigenvalue weighted by atomic mass is 32.1. The molecule has 1 aromatic rings. The third-order valence-corrected chi connectivity index (χ3v) is 3.64. The highest BCUT2D eigenvalue weighted by Gasteiger charge is 2.19. The Kier molecular flexibility index (Phi) is 4.38. The predicted octanol–water partition coefficient (Wildman–Crippen LogP) is -0.0394. The molecule has 18 heavy (non-hydrogen) atoms. The van der Waals surface area contributed by atoms with Gasteiger partial charge in [-0.2, -0.15) is 0 Å². The minimum atomic E-state index is -0.444. The Morgan fingerprint density at radius 1 is 1.56 bits per heavy atom. The van der Waals surface area contributed by atoms with Gasteiger partial charge in [-0.3, -0.25) is 4.99 Å². The summed E-state index contributed by atoms with van der Waals surface area (Å²) in [5, 5.41) is 12.2. The summed E-state index contributed by atoms with van der Waals surface area (Å²) < 4.78 is 0. The zero-order valence-electron chi connectivity index (χ0n) is 10.5. The van der Waals surface area contributed by atoms with Gasteiger partial charge in [0, 0.05) is 37.8 Å². The third-order valence-electron chi connectivity index (χ3n) is 2.81. The van der Waals surface area contributed by atoms with Gasteiger partial charge in [-0.1, -0.05) is 0 Å². The first kappa shape index (κ1) is 13.1. The first-order valence-electron chi connectivity index (χ1n) is 6.04. The highest BCUT2D eigenvalue weighted by Crippen LogP contribution is 2.18. The van der Waals surface area contributed by atoms with Crippen LogP contribution in [0.4, 0.5) is 5.13 Å². The molecule has 1 saturated heterocycles. The second-order valence-electron chi connectivity index (χ2n) is 4.34. The Balaban J connectivity index is 1.85. The second kappa shape index (κ2) is 6.01. The summed E-state index contributed by atoms with van der Waals surface area (Å²) in [5.41, 5.74) is 5.89. The van der Waals surface area contributed by atoms with Crippen molar-refractivity contribution >= 4 is 22.4 Å². The lowest BCUT2D eigenvalue weighted by molar-refractivity contribution is 0.203. The van der Waals surface area contributed by atoms with E-state index in [1.54, 1.807) is 18.3 Å². The Morgan fingerprint density at radius 3 is 2.83 bits per heavy atom. The van der Waals surface area contributed by atoms with Crippen LogP contribution in [-0.4, -0.2) is 59.8 Å². The average molecular weight is 269 g/mol. The van der Waals surface area contributed by atoms with Crippen molar-refractivity contribution in [1.82, 2.24) is 9.88 Å². The topological polar surface area (TPSA) is 78.0 Å². The van der Waals surface area contributed by atoms with Crippen molar-refractivity contribution in [3.05, 3.63) is 11.6 Å². The minimum absolute atomic E-state index is 0.360. The van der Waals surface area contributed by atoms with E-state index in [-0.39, 0.29) is 0 Å². The molecular formula is C11H19N5OS. The van der Waals surface area contributed by atoms with E-state index in [0.717, 1.165) is 31.3 Å². The summed E-state index contributed by atoms with van der Waals surface area (Å²) in [5.74, 6) is 0.523. The van der Waals surface area contributed by atoms with Crippen molar-refractivity contribution in [2.75, 3.05) is 37.6 Å². The molecule has 1 aliphatic heterocycles. The highest BCUT2D eigenvalue weighted by molar-refractivity contribution is 7.13. The fourth-order valence-corrected chi connectivity index (χ4v) is 2.52. The van der Waals surface area contributed by atoms with Crippen LogP contribution in [0, 0.1) is 0 Å². The van der Waals surface area contributed by atoms with E-state index < -0.39 is 6.10 Å². The summed E-state index contributed by atoms with van der Waals surface area (Å²) in [7, 11) is 0. The summed E-state index contributed by atoms with van der Waals surface area (Å²) in [6.07, 6.45) is 1.38. The van der Waals surface area contributed by atoms with Gasteiger partial charge in [0.15, 0.2) is 11.1 Å². The van der Waals surface area contributed by atoms with E-state index >= 15 is 0 Å². The van der Waals surface area contributed by atoms with E-state index in [1.807, 2.05) is 16.5 Å². The molecule has 1 fully saturated rings. The monoisotopic (exact) mass is 269 g/mol. The summed E-state index contributed by atoms with van der Waals surface area (Å²) >= 11 is 1.65. The van der Waals surface area contributed by atoms with E-state index in [1.165, 1.54) is 0 Å². The van der Waals surface area contributed by atoms with Gasteiger partial charge in [-0.15, -0.1) is 11.3 Å². The molecule has 3 N–H and O–H groups in total. The van der Waals surface area contributed by atoms with Gasteiger partial charge in [0.05, 0.1) is 12.6 Å². The van der Waals surface area contributed by atoms with Gasteiger partial charge in [0.25, 0.3) is 0 Å². The van der Waals surface area contributed by atoms with Gasteiger partial charge in [-0.25, -0.2) is 4.98 Å². The lowest BCUT2D eigenvalue weighted by atomic mass is 10.3. The third kappa shape index (κ3) is 3.33. The van der Waals surface area contributed by atoms with Gasteiger partial charge in [-0.05, 0) is 6.92 Å². The Labute approximate surface area is 111 Å². The number of hydrogen-bond donors (Lipinski definition) is 2. The van der Waals surface area contributed by atoms with Crippen molar-refractivity contribution in [2.24, 2.45) is 10.7 Å². The normalized spacial score (nSPS) is 19.1. The van der Waals surface area contributed by atoms with E-state index in [9.17, 15) is 5.11 Å². The first-order valence-corrected chi connectivity index (χ1v) is 6.92. The molecule has 7 heteroatoms. The Morgan fingerprint density at radius 2 is 2.28 bits per heavy atom. The molecule has 0 aromatic carbocycles. The van der Waals surface area contributed by atoms with Gasteiger partial charge >= 0.3 is 0 Å². The van der Waals surface area contributed by atoms with Crippen LogP contribution in [-0.2, 0) is 0 Å². The molecule has 6 nitrogen and oxygen atoms in total. The lowest BCUT2D eigenvalue weighted by Crippen LogP contribution is -2.51. The van der Waals surface area contributed by atoms with Crippen molar-refractivity contribution in [3.63, 3.8) is 0 Å². The zero-order valence-corrected chi connectivity index (χ0v) is 11.3. The molecule has 2 heterocycles. The Hall–Kier alpha value is -1.34. The number of rotatable bonds is 3. The number of aliphatic hydroxyl groups is 1. The van der Waals surface area contributed by atoms with Crippen LogP contribution in [0.2, 0.25) is 0 Å². The number of aliphatic imine (C=N–C) groups is 1. The quantitative estimate of drug-likeness (QED) is 0.595. The molecule has 0 radical (unpaired) electrons. The minimum Gasteiger partial charge on any atom is -0.391 e. The van der Waals surface area contributed by atoms with Crippen molar-refractivity contribution in [3.8, 4) is 0 Å². The molecule has 0 spiro atoms. The van der Waals surface area contributed by atoms with Gasteiger partial charge < -0.3 is 20.6 Å². The number of guanidine groups is 1. The van der Waals surface area contributed by atoms with Crippen molar-refractivity contribution in [1.29, 1.82) is 0 Å². The molecule has 1 atom stereocenters. The maximum absolute atomic E-state index is 9.17. The lowest BCUT2D eigenvalue weighted by Gasteiger charge is -2.35. The van der Waals surface area contributed by atoms with Gasteiger partial charge in [0.2, 0.25) is 0 Å². The van der Waals surface area contributed by atoms with Crippen molar-refractivity contribution in [2.45, 2.75) is 13.0 Å².